The molecule has 0 radical (unpaired) electrons. The van der Waals surface area contributed by atoms with Gasteiger partial charge in [0.2, 0.25) is 5.95 Å². The third kappa shape index (κ3) is 2.83. The van der Waals surface area contributed by atoms with Gasteiger partial charge in [0.15, 0.2) is 0 Å². The van der Waals surface area contributed by atoms with Gasteiger partial charge in [0, 0.05) is 6.92 Å². The quantitative estimate of drug-likeness (QED) is 0.721. The fraction of sp³-hybridized carbons (Fsp3) is 0.600. The van der Waals surface area contributed by atoms with E-state index in [-0.39, 0.29) is 24.6 Å². The summed E-state index contributed by atoms with van der Waals surface area (Å²) >= 11 is 0. The van der Waals surface area contributed by atoms with Crippen LogP contribution in [0.1, 0.15) is 26.0 Å². The van der Waals surface area contributed by atoms with E-state index in [1.54, 1.807) is 0 Å². The summed E-state index contributed by atoms with van der Waals surface area (Å²) in [4.78, 5) is 29.5. The standard InChI is InChI=1S/C10H14N4O4/c1-6(15)17-4-7-2-3-8(18-7)14-5-12-9(11)13-10(14)16/h5,7-8H,2-4H2,1H3,(H2,11,13,16)/t7-,8-/m0/s1. The molecule has 0 aliphatic carbocycles. The van der Waals surface area contributed by atoms with Crippen molar-refractivity contribution in [2.24, 2.45) is 0 Å². The molecule has 2 atom stereocenters. The number of rotatable bonds is 3. The van der Waals surface area contributed by atoms with Gasteiger partial charge in [-0.05, 0) is 12.8 Å². The summed E-state index contributed by atoms with van der Waals surface area (Å²) in [7, 11) is 0. The summed E-state index contributed by atoms with van der Waals surface area (Å²) in [5, 5.41) is 0. The molecule has 1 aliphatic rings. The topological polar surface area (TPSA) is 109 Å². The number of carbonyl (C=O) groups is 1. The van der Waals surface area contributed by atoms with Gasteiger partial charge in [-0.3, -0.25) is 9.36 Å². The fourth-order valence-corrected chi connectivity index (χ4v) is 1.78. The Labute approximate surface area is 103 Å². The Bertz CT molecular complexity index is 501. The number of esters is 1. The van der Waals surface area contributed by atoms with Crippen LogP contribution in [0.25, 0.3) is 0 Å². The molecule has 0 bridgehead atoms. The van der Waals surface area contributed by atoms with Gasteiger partial charge in [0.25, 0.3) is 0 Å². The number of carbonyl (C=O) groups excluding carboxylic acids is 1. The number of hydrogen-bond acceptors (Lipinski definition) is 7. The van der Waals surface area contributed by atoms with Crippen molar-refractivity contribution in [1.82, 2.24) is 14.5 Å². The molecular weight excluding hydrogens is 240 g/mol. The summed E-state index contributed by atoms with van der Waals surface area (Å²) in [6.45, 7) is 1.53. The predicted molar refractivity (Wildman–Crippen MR) is 60.5 cm³/mol. The van der Waals surface area contributed by atoms with Gasteiger partial charge in [0.1, 0.15) is 19.2 Å². The lowest BCUT2D eigenvalue weighted by atomic mass is 10.2. The van der Waals surface area contributed by atoms with Gasteiger partial charge in [0.05, 0.1) is 6.10 Å². The maximum atomic E-state index is 11.6. The van der Waals surface area contributed by atoms with E-state index in [9.17, 15) is 9.59 Å². The van der Waals surface area contributed by atoms with Gasteiger partial charge in [-0.25, -0.2) is 9.78 Å². The van der Waals surface area contributed by atoms with Gasteiger partial charge < -0.3 is 15.2 Å². The third-order valence-corrected chi connectivity index (χ3v) is 2.61. The van der Waals surface area contributed by atoms with E-state index in [4.69, 9.17) is 15.2 Å². The zero-order valence-electron chi connectivity index (χ0n) is 9.91. The molecule has 18 heavy (non-hydrogen) atoms. The largest absolute Gasteiger partial charge is 0.463 e. The number of nitrogens with two attached hydrogens (primary N) is 1. The lowest BCUT2D eigenvalue weighted by molar-refractivity contribution is -0.145. The minimum absolute atomic E-state index is 0.0642. The molecule has 0 saturated carbocycles. The summed E-state index contributed by atoms with van der Waals surface area (Å²) in [6, 6.07) is 0. The van der Waals surface area contributed by atoms with Gasteiger partial charge in [-0.15, -0.1) is 0 Å². The molecule has 2 rings (SSSR count). The van der Waals surface area contributed by atoms with Crippen LogP contribution >= 0.6 is 0 Å². The molecule has 0 spiro atoms. The van der Waals surface area contributed by atoms with Crippen LogP contribution < -0.4 is 11.4 Å². The van der Waals surface area contributed by atoms with E-state index >= 15 is 0 Å². The Hall–Kier alpha value is -1.96. The van der Waals surface area contributed by atoms with Crippen molar-refractivity contribution >= 4 is 11.9 Å². The average molecular weight is 254 g/mol. The molecule has 8 heteroatoms. The first kappa shape index (κ1) is 12.5. The van der Waals surface area contributed by atoms with Crippen molar-refractivity contribution < 1.29 is 14.3 Å². The van der Waals surface area contributed by atoms with Crippen molar-refractivity contribution in [1.29, 1.82) is 0 Å². The molecule has 1 aromatic rings. The first-order chi connectivity index (χ1) is 8.56. The molecule has 0 aromatic carbocycles. The summed E-state index contributed by atoms with van der Waals surface area (Å²) in [6.07, 6.45) is 2.01. The number of anilines is 1. The lowest BCUT2D eigenvalue weighted by Crippen LogP contribution is -2.29. The van der Waals surface area contributed by atoms with Crippen LogP contribution in [0, 0.1) is 0 Å². The fourth-order valence-electron chi connectivity index (χ4n) is 1.78. The Morgan fingerprint density at radius 2 is 2.44 bits per heavy atom. The van der Waals surface area contributed by atoms with E-state index in [1.807, 2.05) is 0 Å². The second-order valence-corrected chi connectivity index (χ2v) is 4.00. The number of hydrogen-bond donors (Lipinski definition) is 1. The van der Waals surface area contributed by atoms with Crippen molar-refractivity contribution in [3.63, 3.8) is 0 Å². The SMILES string of the molecule is CC(=O)OC[C@@H]1CC[C@@H](n2cnc(N)nc2=O)O1. The predicted octanol–water partition coefficient (Wildman–Crippen LogP) is -0.539. The summed E-state index contributed by atoms with van der Waals surface area (Å²) < 4.78 is 11.7. The van der Waals surface area contributed by atoms with E-state index < -0.39 is 11.9 Å². The second kappa shape index (κ2) is 5.13. The van der Waals surface area contributed by atoms with Crippen molar-refractivity contribution in [2.75, 3.05) is 12.3 Å². The van der Waals surface area contributed by atoms with Crippen LogP contribution in [-0.4, -0.2) is 33.2 Å². The average Bonchev–Trinajstić information content (AvgIpc) is 2.75. The number of ether oxygens (including phenoxy) is 2. The first-order valence-electron chi connectivity index (χ1n) is 5.55. The van der Waals surface area contributed by atoms with E-state index in [0.29, 0.717) is 12.8 Å². The van der Waals surface area contributed by atoms with Crippen molar-refractivity contribution in [3.8, 4) is 0 Å². The van der Waals surface area contributed by atoms with E-state index in [2.05, 4.69) is 9.97 Å². The molecule has 2 heterocycles. The zero-order chi connectivity index (χ0) is 13.1. The summed E-state index contributed by atoms with van der Waals surface area (Å²) in [5.74, 6) is -0.416. The van der Waals surface area contributed by atoms with Crippen molar-refractivity contribution in [2.45, 2.75) is 32.1 Å². The smallest absolute Gasteiger partial charge is 0.354 e. The maximum Gasteiger partial charge on any atom is 0.354 e. The van der Waals surface area contributed by atoms with Crippen LogP contribution in [0.4, 0.5) is 5.95 Å². The Morgan fingerprint density at radius 1 is 1.67 bits per heavy atom. The maximum absolute atomic E-state index is 11.6. The highest BCUT2D eigenvalue weighted by Crippen LogP contribution is 2.26. The molecule has 1 aromatic heterocycles. The zero-order valence-corrected chi connectivity index (χ0v) is 9.91. The van der Waals surface area contributed by atoms with Crippen LogP contribution in [0.3, 0.4) is 0 Å². The van der Waals surface area contributed by atoms with Gasteiger partial charge >= 0.3 is 11.7 Å². The normalized spacial score (nSPS) is 22.9. The highest BCUT2D eigenvalue weighted by Gasteiger charge is 2.28. The number of nitrogens with zero attached hydrogens (tertiary/aromatic N) is 3. The highest BCUT2D eigenvalue weighted by atomic mass is 16.6. The molecule has 2 N–H and O–H groups in total. The minimum Gasteiger partial charge on any atom is -0.463 e. The Balaban J connectivity index is 2.00. The molecular formula is C10H14N4O4. The Kier molecular flexibility index (Phi) is 3.56. The Morgan fingerprint density at radius 3 is 3.11 bits per heavy atom. The number of nitrogen functional groups attached to an aromatic ring is 1. The molecule has 1 aliphatic heterocycles. The van der Waals surface area contributed by atoms with E-state index in [0.717, 1.165) is 0 Å². The van der Waals surface area contributed by atoms with Crippen LogP contribution in [0.2, 0.25) is 0 Å². The van der Waals surface area contributed by atoms with Crippen LogP contribution in [0.5, 0.6) is 0 Å². The van der Waals surface area contributed by atoms with E-state index in [1.165, 1.54) is 17.8 Å². The summed E-state index contributed by atoms with van der Waals surface area (Å²) in [5.41, 5.74) is 4.80. The first-order valence-corrected chi connectivity index (χ1v) is 5.55. The highest BCUT2D eigenvalue weighted by molar-refractivity contribution is 5.65. The lowest BCUT2D eigenvalue weighted by Gasteiger charge is -2.14. The van der Waals surface area contributed by atoms with Crippen LogP contribution in [-0.2, 0) is 14.3 Å². The molecule has 1 fully saturated rings. The second-order valence-electron chi connectivity index (χ2n) is 4.00. The van der Waals surface area contributed by atoms with Crippen molar-refractivity contribution in [3.05, 3.63) is 16.8 Å². The third-order valence-electron chi connectivity index (χ3n) is 2.61. The molecule has 1 saturated heterocycles. The van der Waals surface area contributed by atoms with Crippen LogP contribution in [0.15, 0.2) is 11.1 Å². The molecule has 0 unspecified atom stereocenters. The molecule has 98 valence electrons. The van der Waals surface area contributed by atoms with Gasteiger partial charge in [-0.2, -0.15) is 4.98 Å². The molecule has 8 nitrogen and oxygen atoms in total. The minimum atomic E-state index is -0.499. The number of aromatic nitrogens is 3. The van der Waals surface area contributed by atoms with Gasteiger partial charge in [-0.1, -0.05) is 0 Å². The molecule has 0 amide bonds. The monoisotopic (exact) mass is 254 g/mol.